The number of aryl methyl sites for hydroxylation is 1. The van der Waals surface area contributed by atoms with Gasteiger partial charge >= 0.3 is 0 Å². The Bertz CT molecular complexity index is 667. The van der Waals surface area contributed by atoms with Crippen molar-refractivity contribution in [1.82, 2.24) is 19.6 Å². The third kappa shape index (κ3) is 3.05. The van der Waals surface area contributed by atoms with E-state index < -0.39 is 24.1 Å². The molecule has 0 spiro atoms. The lowest BCUT2D eigenvalue weighted by Gasteiger charge is -2.13. The molecule has 0 saturated heterocycles. The molecule has 0 fully saturated rings. The predicted octanol–water partition coefficient (Wildman–Crippen LogP) is 2.72. The van der Waals surface area contributed by atoms with Crippen molar-refractivity contribution >= 4 is 23.3 Å². The number of carbonyl (C=O) groups is 1. The fraction of sp³-hybridized carbons (Fsp3) is 0.417. The number of nitrogens with zero attached hydrogens (tertiary/aromatic N) is 4. The normalized spacial score (nSPS) is 12.7. The fourth-order valence-corrected chi connectivity index (χ4v) is 2.07. The lowest BCUT2D eigenvalue weighted by Crippen LogP contribution is -2.25. The highest BCUT2D eigenvalue weighted by Crippen LogP contribution is 2.30. The second-order valence-electron chi connectivity index (χ2n) is 4.57. The van der Waals surface area contributed by atoms with Crippen LogP contribution in [0, 0.1) is 6.92 Å². The zero-order valence-corrected chi connectivity index (χ0v) is 12.4. The number of nitrogens with one attached hydrogen (secondary N) is 1. The van der Waals surface area contributed by atoms with E-state index in [9.17, 15) is 13.6 Å². The smallest absolute Gasteiger partial charge is 0.283 e. The summed E-state index contributed by atoms with van der Waals surface area (Å²) in [5, 5.41) is 10.2. The summed E-state index contributed by atoms with van der Waals surface area (Å²) in [5.41, 5.74) is -0.206. The second-order valence-corrected chi connectivity index (χ2v) is 4.95. The van der Waals surface area contributed by atoms with Gasteiger partial charge in [0.1, 0.15) is 11.7 Å². The third-order valence-corrected chi connectivity index (χ3v) is 3.49. The summed E-state index contributed by atoms with van der Waals surface area (Å²) in [6.07, 6.45) is -1.12. The number of hydrogen-bond donors (Lipinski definition) is 1. The van der Waals surface area contributed by atoms with E-state index in [1.807, 2.05) is 0 Å². The molecule has 9 heteroatoms. The number of carbonyl (C=O) groups excluding carboxylic acids is 1. The van der Waals surface area contributed by atoms with Crippen molar-refractivity contribution in [3.63, 3.8) is 0 Å². The van der Waals surface area contributed by atoms with Crippen LogP contribution in [-0.2, 0) is 11.8 Å². The first-order valence-corrected chi connectivity index (χ1v) is 6.52. The Morgan fingerprint density at radius 1 is 1.43 bits per heavy atom. The molecule has 114 valence electrons. The predicted molar refractivity (Wildman–Crippen MR) is 73.5 cm³/mol. The first-order chi connectivity index (χ1) is 9.81. The van der Waals surface area contributed by atoms with Crippen LogP contribution in [0.1, 0.15) is 30.8 Å². The zero-order chi connectivity index (χ0) is 15.7. The van der Waals surface area contributed by atoms with Gasteiger partial charge in [-0.1, -0.05) is 11.6 Å². The molecular formula is C12H14ClF2N5O. The summed E-state index contributed by atoms with van der Waals surface area (Å²) in [6, 6.07) is 0.829. The van der Waals surface area contributed by atoms with E-state index in [4.69, 9.17) is 11.6 Å². The van der Waals surface area contributed by atoms with E-state index >= 15 is 0 Å². The van der Waals surface area contributed by atoms with Gasteiger partial charge in [-0.05, 0) is 13.8 Å². The van der Waals surface area contributed by atoms with Crippen LogP contribution in [-0.4, -0.2) is 25.5 Å². The Kier molecular flexibility index (Phi) is 4.26. The molecule has 2 aromatic rings. The van der Waals surface area contributed by atoms with Gasteiger partial charge in [0.2, 0.25) is 5.91 Å². The van der Waals surface area contributed by atoms with Crippen molar-refractivity contribution < 1.29 is 13.6 Å². The Morgan fingerprint density at radius 3 is 2.57 bits per heavy atom. The maximum absolute atomic E-state index is 12.8. The van der Waals surface area contributed by atoms with E-state index in [1.165, 1.54) is 16.3 Å². The first-order valence-electron chi connectivity index (χ1n) is 6.14. The molecule has 21 heavy (non-hydrogen) atoms. The third-order valence-electron chi connectivity index (χ3n) is 3.02. The Labute approximate surface area is 124 Å². The van der Waals surface area contributed by atoms with Crippen LogP contribution in [0.25, 0.3) is 0 Å². The van der Waals surface area contributed by atoms with Crippen molar-refractivity contribution in [2.24, 2.45) is 7.05 Å². The largest absolute Gasteiger partial charge is 0.307 e. The second kappa shape index (κ2) is 5.80. The quantitative estimate of drug-likeness (QED) is 0.943. The molecule has 2 aromatic heterocycles. The Morgan fingerprint density at radius 2 is 2.10 bits per heavy atom. The number of aromatic nitrogens is 4. The van der Waals surface area contributed by atoms with Gasteiger partial charge < -0.3 is 5.32 Å². The zero-order valence-electron chi connectivity index (χ0n) is 11.6. The molecule has 6 nitrogen and oxygen atoms in total. The molecule has 1 N–H and O–H groups in total. The van der Waals surface area contributed by atoms with Gasteiger partial charge in [-0.25, -0.2) is 8.78 Å². The minimum Gasteiger partial charge on any atom is -0.307 e. The number of halogens is 3. The standard InChI is InChI=1S/C12H14ClF2N5O/c1-6-9(13)10(11(14)15)18-20(6)7(2)12(21)16-8-4-5-19(3)17-8/h4-5,7,11H,1-3H3,(H,16,17,21)/t7-/m1/s1. The molecule has 0 unspecified atom stereocenters. The summed E-state index contributed by atoms with van der Waals surface area (Å²) in [4.78, 5) is 12.1. The molecule has 2 rings (SSSR count). The number of rotatable bonds is 4. The van der Waals surface area contributed by atoms with Gasteiger partial charge in [0.25, 0.3) is 6.43 Å². The van der Waals surface area contributed by atoms with Gasteiger partial charge in [0, 0.05) is 19.3 Å². The van der Waals surface area contributed by atoms with Crippen LogP contribution in [0.4, 0.5) is 14.6 Å². The first kappa shape index (κ1) is 15.4. The Balaban J connectivity index is 2.21. The minimum atomic E-state index is -2.79. The number of alkyl halides is 2. The van der Waals surface area contributed by atoms with Crippen LogP contribution in [0.15, 0.2) is 12.3 Å². The maximum Gasteiger partial charge on any atom is 0.283 e. The molecule has 1 atom stereocenters. The van der Waals surface area contributed by atoms with Crippen molar-refractivity contribution in [3.8, 4) is 0 Å². The highest BCUT2D eigenvalue weighted by atomic mass is 35.5. The van der Waals surface area contributed by atoms with Crippen LogP contribution < -0.4 is 5.32 Å². The van der Waals surface area contributed by atoms with Crippen LogP contribution in [0.2, 0.25) is 5.02 Å². The van der Waals surface area contributed by atoms with Gasteiger partial charge in [-0.15, -0.1) is 0 Å². The highest BCUT2D eigenvalue weighted by Gasteiger charge is 2.25. The molecule has 0 radical (unpaired) electrons. The lowest BCUT2D eigenvalue weighted by atomic mass is 10.3. The van der Waals surface area contributed by atoms with Crippen LogP contribution in [0.5, 0.6) is 0 Å². The van der Waals surface area contributed by atoms with Gasteiger partial charge in [-0.3, -0.25) is 14.2 Å². The minimum absolute atomic E-state index is 0.123. The number of amides is 1. The molecule has 0 aromatic carbocycles. The average Bonchev–Trinajstić information content (AvgIpc) is 2.94. The Hall–Kier alpha value is -1.96. The highest BCUT2D eigenvalue weighted by molar-refractivity contribution is 6.31. The number of anilines is 1. The van der Waals surface area contributed by atoms with E-state index in [1.54, 1.807) is 26.2 Å². The SMILES string of the molecule is Cc1c(Cl)c(C(F)F)nn1[C@H](C)C(=O)Nc1ccn(C)n1. The molecule has 0 aliphatic carbocycles. The monoisotopic (exact) mass is 317 g/mol. The maximum atomic E-state index is 12.8. The van der Waals surface area contributed by atoms with Crippen molar-refractivity contribution in [2.45, 2.75) is 26.3 Å². The van der Waals surface area contributed by atoms with Gasteiger partial charge in [-0.2, -0.15) is 10.2 Å². The summed E-state index contributed by atoms with van der Waals surface area (Å²) in [5.74, 6) is -0.0453. The van der Waals surface area contributed by atoms with Gasteiger partial charge in [0.15, 0.2) is 5.82 Å². The average molecular weight is 318 g/mol. The van der Waals surface area contributed by atoms with E-state index in [2.05, 4.69) is 15.5 Å². The summed E-state index contributed by atoms with van der Waals surface area (Å²) in [6.45, 7) is 3.08. The van der Waals surface area contributed by atoms with Gasteiger partial charge in [0.05, 0.1) is 10.7 Å². The molecule has 0 aliphatic heterocycles. The topological polar surface area (TPSA) is 64.7 Å². The molecule has 0 bridgehead atoms. The summed E-state index contributed by atoms with van der Waals surface area (Å²) >= 11 is 5.81. The van der Waals surface area contributed by atoms with Crippen molar-refractivity contribution in [2.75, 3.05) is 5.32 Å². The molecule has 1 amide bonds. The van der Waals surface area contributed by atoms with E-state index in [0.717, 1.165) is 0 Å². The van der Waals surface area contributed by atoms with Crippen LogP contribution >= 0.6 is 11.6 Å². The lowest BCUT2D eigenvalue weighted by molar-refractivity contribution is -0.119. The fourth-order valence-electron chi connectivity index (χ4n) is 1.86. The molecule has 0 saturated carbocycles. The summed E-state index contributed by atoms with van der Waals surface area (Å²) < 4.78 is 28.2. The summed E-state index contributed by atoms with van der Waals surface area (Å²) in [7, 11) is 1.71. The van der Waals surface area contributed by atoms with Crippen molar-refractivity contribution in [1.29, 1.82) is 0 Å². The number of hydrogen-bond acceptors (Lipinski definition) is 3. The molecule has 2 heterocycles. The van der Waals surface area contributed by atoms with Crippen LogP contribution in [0.3, 0.4) is 0 Å². The van der Waals surface area contributed by atoms with E-state index in [-0.39, 0.29) is 5.02 Å². The molecular weight excluding hydrogens is 304 g/mol. The molecule has 0 aliphatic rings. The van der Waals surface area contributed by atoms with Crippen molar-refractivity contribution in [3.05, 3.63) is 28.7 Å². The van der Waals surface area contributed by atoms with E-state index in [0.29, 0.717) is 11.5 Å².